The summed E-state index contributed by atoms with van der Waals surface area (Å²) in [5.74, 6) is 2.34. The number of aliphatic imine (C=N–C) groups is 1. The van der Waals surface area contributed by atoms with E-state index in [1.54, 1.807) is 7.11 Å². The van der Waals surface area contributed by atoms with Gasteiger partial charge < -0.3 is 20.3 Å². The zero-order valence-electron chi connectivity index (χ0n) is 18.3. The largest absolute Gasteiger partial charge is 0.496 e. The van der Waals surface area contributed by atoms with E-state index in [-0.39, 0.29) is 24.0 Å². The summed E-state index contributed by atoms with van der Waals surface area (Å²) in [6.07, 6.45) is 0. The fourth-order valence-corrected chi connectivity index (χ4v) is 3.54. The van der Waals surface area contributed by atoms with Gasteiger partial charge in [0.05, 0.1) is 7.11 Å². The van der Waals surface area contributed by atoms with E-state index in [4.69, 9.17) is 4.74 Å². The Morgan fingerprint density at radius 1 is 1.18 bits per heavy atom. The summed E-state index contributed by atoms with van der Waals surface area (Å²) in [6, 6.07) is 6.79. The third-order valence-electron chi connectivity index (χ3n) is 5.37. The Morgan fingerprint density at radius 3 is 2.43 bits per heavy atom. The number of benzene rings is 1. The van der Waals surface area contributed by atoms with Crippen LogP contribution in [-0.4, -0.2) is 75.7 Å². The Hall–Kier alpha value is -1.06. The summed E-state index contributed by atoms with van der Waals surface area (Å²) < 4.78 is 5.50. The van der Waals surface area contributed by atoms with Crippen LogP contribution in [0.2, 0.25) is 0 Å². The standard InChI is InChI=1S/C21H37N5O.HI/c1-16(2)19(26-11-9-25(5)10-12-26)15-24-21(22-4)23-14-18-8-7-17(3)13-20(18)27-6;/h7-8,13,16,19H,9-12,14-15H2,1-6H3,(H2,22,23,24);1H. The van der Waals surface area contributed by atoms with E-state index in [9.17, 15) is 0 Å². The zero-order valence-corrected chi connectivity index (χ0v) is 20.6. The molecule has 28 heavy (non-hydrogen) atoms. The predicted molar refractivity (Wildman–Crippen MR) is 129 cm³/mol. The van der Waals surface area contributed by atoms with Crippen molar-refractivity contribution >= 4 is 29.9 Å². The fraction of sp³-hybridized carbons (Fsp3) is 0.667. The molecule has 1 aromatic carbocycles. The second kappa shape index (κ2) is 12.5. The van der Waals surface area contributed by atoms with E-state index in [0.29, 0.717) is 18.5 Å². The smallest absolute Gasteiger partial charge is 0.191 e. The van der Waals surface area contributed by atoms with Gasteiger partial charge in [0, 0.05) is 57.9 Å². The molecule has 1 aromatic rings. The van der Waals surface area contributed by atoms with Gasteiger partial charge in [0.1, 0.15) is 5.75 Å². The van der Waals surface area contributed by atoms with Crippen LogP contribution in [0.3, 0.4) is 0 Å². The van der Waals surface area contributed by atoms with E-state index in [2.05, 4.69) is 71.4 Å². The lowest BCUT2D eigenvalue weighted by Crippen LogP contribution is -2.55. The van der Waals surface area contributed by atoms with Gasteiger partial charge in [-0.1, -0.05) is 26.0 Å². The monoisotopic (exact) mass is 503 g/mol. The second-order valence-corrected chi connectivity index (χ2v) is 7.77. The number of halogens is 1. The third-order valence-corrected chi connectivity index (χ3v) is 5.37. The average Bonchev–Trinajstić information content (AvgIpc) is 2.66. The fourth-order valence-electron chi connectivity index (χ4n) is 3.54. The molecular formula is C21H38IN5O. The minimum atomic E-state index is 0. The van der Waals surface area contributed by atoms with Crippen molar-refractivity contribution in [1.82, 2.24) is 20.4 Å². The first-order valence-corrected chi connectivity index (χ1v) is 9.95. The van der Waals surface area contributed by atoms with Crippen molar-refractivity contribution in [2.45, 2.75) is 33.4 Å². The number of piperazine rings is 1. The number of hydrogen-bond donors (Lipinski definition) is 2. The average molecular weight is 503 g/mol. The van der Waals surface area contributed by atoms with Crippen molar-refractivity contribution in [2.24, 2.45) is 10.9 Å². The van der Waals surface area contributed by atoms with Crippen LogP contribution in [0.4, 0.5) is 0 Å². The number of rotatable bonds is 7. The van der Waals surface area contributed by atoms with Crippen LogP contribution < -0.4 is 15.4 Å². The lowest BCUT2D eigenvalue weighted by atomic mass is 10.0. The summed E-state index contributed by atoms with van der Waals surface area (Å²) >= 11 is 0. The summed E-state index contributed by atoms with van der Waals surface area (Å²) in [6.45, 7) is 12.8. The number of nitrogens with zero attached hydrogens (tertiary/aromatic N) is 3. The molecule has 1 saturated heterocycles. The molecule has 0 aromatic heterocycles. The van der Waals surface area contributed by atoms with Crippen molar-refractivity contribution < 1.29 is 4.74 Å². The highest BCUT2D eigenvalue weighted by Crippen LogP contribution is 2.19. The maximum Gasteiger partial charge on any atom is 0.191 e. The molecule has 2 N–H and O–H groups in total. The molecule has 6 nitrogen and oxygen atoms in total. The first-order valence-electron chi connectivity index (χ1n) is 9.95. The molecule has 0 saturated carbocycles. The van der Waals surface area contributed by atoms with E-state index < -0.39 is 0 Å². The molecule has 7 heteroatoms. The number of aryl methyl sites for hydroxylation is 1. The van der Waals surface area contributed by atoms with Crippen LogP contribution in [0.15, 0.2) is 23.2 Å². The molecule has 0 aliphatic carbocycles. The Balaban J connectivity index is 0.00000392. The zero-order chi connectivity index (χ0) is 19.8. The van der Waals surface area contributed by atoms with Gasteiger partial charge in [0.15, 0.2) is 5.96 Å². The first kappa shape index (κ1) is 25.0. The molecular weight excluding hydrogens is 465 g/mol. The normalized spacial score (nSPS) is 17.2. The summed E-state index contributed by atoms with van der Waals surface area (Å²) in [5.41, 5.74) is 2.33. The molecule has 0 amide bonds. The number of likely N-dealkylation sites (N-methyl/N-ethyl adjacent to an activating group) is 1. The van der Waals surface area contributed by atoms with E-state index in [0.717, 1.165) is 50.0 Å². The quantitative estimate of drug-likeness (QED) is 0.341. The number of nitrogens with one attached hydrogen (secondary N) is 2. The maximum absolute atomic E-state index is 5.50. The Kier molecular flexibility index (Phi) is 11.1. The molecule has 1 heterocycles. The number of guanidine groups is 1. The van der Waals surface area contributed by atoms with Crippen molar-refractivity contribution in [3.63, 3.8) is 0 Å². The Labute approximate surface area is 188 Å². The number of methoxy groups -OCH3 is 1. The molecule has 1 fully saturated rings. The summed E-state index contributed by atoms with van der Waals surface area (Å²) in [5, 5.41) is 6.94. The van der Waals surface area contributed by atoms with Crippen LogP contribution in [0, 0.1) is 12.8 Å². The second-order valence-electron chi connectivity index (χ2n) is 7.77. The van der Waals surface area contributed by atoms with Crippen LogP contribution in [0.1, 0.15) is 25.0 Å². The third kappa shape index (κ3) is 7.40. The van der Waals surface area contributed by atoms with Crippen LogP contribution in [-0.2, 0) is 6.54 Å². The molecule has 1 aliphatic heterocycles. The minimum Gasteiger partial charge on any atom is -0.496 e. The van der Waals surface area contributed by atoms with Crippen LogP contribution in [0.25, 0.3) is 0 Å². The van der Waals surface area contributed by atoms with Gasteiger partial charge in [0.2, 0.25) is 0 Å². The maximum atomic E-state index is 5.50. The molecule has 1 aliphatic rings. The topological polar surface area (TPSA) is 52.1 Å². The molecule has 0 radical (unpaired) electrons. The van der Waals surface area contributed by atoms with Gasteiger partial charge in [-0.3, -0.25) is 9.89 Å². The lowest BCUT2D eigenvalue weighted by molar-refractivity contribution is 0.0900. The number of hydrogen-bond acceptors (Lipinski definition) is 4. The molecule has 160 valence electrons. The summed E-state index contributed by atoms with van der Waals surface area (Å²) in [4.78, 5) is 9.40. The van der Waals surface area contributed by atoms with Crippen LogP contribution >= 0.6 is 24.0 Å². The molecule has 0 spiro atoms. The minimum absolute atomic E-state index is 0. The van der Waals surface area contributed by atoms with Crippen molar-refractivity contribution in [3.05, 3.63) is 29.3 Å². The van der Waals surface area contributed by atoms with Gasteiger partial charge in [-0.25, -0.2) is 0 Å². The highest BCUT2D eigenvalue weighted by molar-refractivity contribution is 14.0. The van der Waals surface area contributed by atoms with Crippen LogP contribution in [0.5, 0.6) is 5.75 Å². The van der Waals surface area contributed by atoms with Gasteiger partial charge in [-0.15, -0.1) is 24.0 Å². The van der Waals surface area contributed by atoms with Gasteiger partial charge in [0.25, 0.3) is 0 Å². The highest BCUT2D eigenvalue weighted by atomic mass is 127. The Bertz CT molecular complexity index is 615. The van der Waals surface area contributed by atoms with Gasteiger partial charge >= 0.3 is 0 Å². The molecule has 0 bridgehead atoms. The molecule has 1 atom stereocenters. The van der Waals surface area contributed by atoms with Crippen molar-refractivity contribution in [3.8, 4) is 5.75 Å². The highest BCUT2D eigenvalue weighted by Gasteiger charge is 2.25. The summed E-state index contributed by atoms with van der Waals surface area (Å²) in [7, 11) is 5.74. The number of ether oxygens (including phenoxy) is 1. The Morgan fingerprint density at radius 2 is 1.86 bits per heavy atom. The molecule has 1 unspecified atom stereocenters. The van der Waals surface area contributed by atoms with Crippen molar-refractivity contribution in [1.29, 1.82) is 0 Å². The predicted octanol–water partition coefficient (Wildman–Crippen LogP) is 2.56. The van der Waals surface area contributed by atoms with Gasteiger partial charge in [-0.2, -0.15) is 0 Å². The SMILES string of the molecule is CN=C(NCc1ccc(C)cc1OC)NCC(C(C)C)N1CCN(C)CC1.I. The van der Waals surface area contributed by atoms with Crippen molar-refractivity contribution in [2.75, 3.05) is 53.9 Å². The lowest BCUT2D eigenvalue weighted by Gasteiger charge is -2.40. The first-order chi connectivity index (χ1) is 12.9. The van der Waals surface area contributed by atoms with E-state index in [1.165, 1.54) is 5.56 Å². The van der Waals surface area contributed by atoms with E-state index in [1.807, 2.05) is 7.05 Å². The van der Waals surface area contributed by atoms with E-state index >= 15 is 0 Å². The molecule has 2 rings (SSSR count). The van der Waals surface area contributed by atoms with Gasteiger partial charge in [-0.05, 0) is 31.5 Å².